The quantitative estimate of drug-likeness (QED) is 0.627. The summed E-state index contributed by atoms with van der Waals surface area (Å²) in [5, 5.41) is 14.5. The lowest BCUT2D eigenvalue weighted by Gasteiger charge is -2.34. The third kappa shape index (κ3) is 3.77. The maximum absolute atomic E-state index is 12.4. The Labute approximate surface area is 145 Å². The molecule has 2 aromatic rings. The van der Waals surface area contributed by atoms with Crippen molar-refractivity contribution < 1.29 is 4.92 Å². The molecule has 1 aliphatic heterocycles. The van der Waals surface area contributed by atoms with Crippen molar-refractivity contribution in [1.82, 2.24) is 19.2 Å². The molecule has 0 aliphatic carbocycles. The monoisotopic (exact) mass is 346 g/mol. The van der Waals surface area contributed by atoms with Crippen LogP contribution in [-0.2, 0) is 0 Å². The molecule has 2 aromatic heterocycles. The van der Waals surface area contributed by atoms with Gasteiger partial charge in [0.2, 0.25) is 5.82 Å². The Morgan fingerprint density at radius 1 is 1.32 bits per heavy atom. The highest BCUT2D eigenvalue weighted by molar-refractivity contribution is 5.60. The Balaban J connectivity index is 1.83. The Bertz CT molecular complexity index is 828. The van der Waals surface area contributed by atoms with Crippen LogP contribution in [-0.4, -0.2) is 69.9 Å². The van der Waals surface area contributed by atoms with E-state index < -0.39 is 16.2 Å². The summed E-state index contributed by atoms with van der Waals surface area (Å²) in [6.45, 7) is 6.60. The number of nitro groups is 1. The SMILES string of the molecule is CC(CN1CCN(C)CC1)Nc1nc2ccccn2c(=O)c1[N+](=O)[O-]. The first kappa shape index (κ1) is 17.3. The van der Waals surface area contributed by atoms with Gasteiger partial charge in [0.05, 0.1) is 4.92 Å². The van der Waals surface area contributed by atoms with E-state index in [1.165, 1.54) is 10.6 Å². The third-order valence-electron chi connectivity index (χ3n) is 4.40. The fraction of sp³-hybridized carbons (Fsp3) is 0.500. The molecule has 1 N–H and O–H groups in total. The van der Waals surface area contributed by atoms with Crippen LogP contribution in [0.3, 0.4) is 0 Å². The number of aromatic nitrogens is 2. The summed E-state index contributed by atoms with van der Waals surface area (Å²) in [6, 6.07) is 4.97. The fourth-order valence-corrected chi connectivity index (χ4v) is 3.04. The molecule has 9 nitrogen and oxygen atoms in total. The van der Waals surface area contributed by atoms with Gasteiger partial charge in [0, 0.05) is 45.0 Å². The second kappa shape index (κ2) is 7.16. The number of rotatable bonds is 5. The minimum absolute atomic E-state index is 0.0304. The highest BCUT2D eigenvalue weighted by Crippen LogP contribution is 2.19. The standard InChI is InChI=1S/C16H22N6O3/c1-12(11-20-9-7-19(2)8-10-20)17-15-14(22(24)25)16(23)21-6-4-3-5-13(21)18-15/h3-6,12,17H,7-11H2,1-2H3. The molecule has 0 spiro atoms. The largest absolute Gasteiger partial charge is 0.376 e. The van der Waals surface area contributed by atoms with E-state index in [1.54, 1.807) is 18.2 Å². The van der Waals surface area contributed by atoms with Crippen LogP contribution in [0.4, 0.5) is 11.5 Å². The van der Waals surface area contributed by atoms with E-state index in [1.807, 2.05) is 6.92 Å². The molecule has 3 heterocycles. The topological polar surface area (TPSA) is 96.0 Å². The molecule has 0 bridgehead atoms. The fourth-order valence-electron chi connectivity index (χ4n) is 3.04. The summed E-state index contributed by atoms with van der Waals surface area (Å²) in [5.41, 5.74) is -0.814. The van der Waals surface area contributed by atoms with Crippen LogP contribution in [0.1, 0.15) is 6.92 Å². The lowest BCUT2D eigenvalue weighted by atomic mass is 10.2. The number of anilines is 1. The molecule has 0 saturated carbocycles. The first-order valence-electron chi connectivity index (χ1n) is 8.29. The summed E-state index contributed by atoms with van der Waals surface area (Å²) in [4.78, 5) is 32.0. The van der Waals surface area contributed by atoms with Crippen LogP contribution in [0.2, 0.25) is 0 Å². The van der Waals surface area contributed by atoms with Crippen molar-refractivity contribution in [3.63, 3.8) is 0 Å². The normalized spacial score (nSPS) is 17.5. The van der Waals surface area contributed by atoms with Crippen LogP contribution in [0, 0.1) is 10.1 Å². The Morgan fingerprint density at radius 3 is 2.72 bits per heavy atom. The third-order valence-corrected chi connectivity index (χ3v) is 4.40. The van der Waals surface area contributed by atoms with E-state index in [4.69, 9.17) is 0 Å². The number of fused-ring (bicyclic) bond motifs is 1. The van der Waals surface area contributed by atoms with E-state index in [0.29, 0.717) is 5.65 Å². The van der Waals surface area contributed by atoms with Crippen molar-refractivity contribution in [2.24, 2.45) is 0 Å². The van der Waals surface area contributed by atoms with E-state index in [2.05, 4.69) is 27.1 Å². The molecule has 1 aliphatic rings. The number of nitrogens with one attached hydrogen (secondary N) is 1. The molecule has 1 unspecified atom stereocenters. The molecule has 1 fully saturated rings. The molecule has 3 rings (SSSR count). The second-order valence-electron chi connectivity index (χ2n) is 6.45. The predicted octanol–water partition coefficient (Wildman–Crippen LogP) is 0.650. The van der Waals surface area contributed by atoms with Crippen LogP contribution >= 0.6 is 0 Å². The van der Waals surface area contributed by atoms with Crippen molar-refractivity contribution in [3.05, 3.63) is 44.9 Å². The van der Waals surface area contributed by atoms with Gasteiger partial charge in [-0.3, -0.25) is 24.2 Å². The Morgan fingerprint density at radius 2 is 2.04 bits per heavy atom. The lowest BCUT2D eigenvalue weighted by molar-refractivity contribution is -0.385. The minimum atomic E-state index is -0.676. The van der Waals surface area contributed by atoms with Crippen LogP contribution in [0.5, 0.6) is 0 Å². The smallest absolute Gasteiger partial charge is 0.360 e. The van der Waals surface area contributed by atoms with Crippen molar-refractivity contribution >= 4 is 17.2 Å². The molecule has 1 atom stereocenters. The molecule has 0 radical (unpaired) electrons. The van der Waals surface area contributed by atoms with E-state index in [-0.39, 0.29) is 11.9 Å². The average molecular weight is 346 g/mol. The summed E-state index contributed by atoms with van der Waals surface area (Å²) < 4.78 is 1.19. The Kier molecular flexibility index (Phi) is 4.95. The number of piperazine rings is 1. The number of hydrogen-bond donors (Lipinski definition) is 1. The lowest BCUT2D eigenvalue weighted by Crippen LogP contribution is -2.47. The van der Waals surface area contributed by atoms with Gasteiger partial charge in [-0.25, -0.2) is 4.98 Å². The highest BCUT2D eigenvalue weighted by Gasteiger charge is 2.25. The van der Waals surface area contributed by atoms with Gasteiger partial charge in [-0.2, -0.15) is 0 Å². The van der Waals surface area contributed by atoms with Gasteiger partial charge in [0.25, 0.3) is 0 Å². The zero-order valence-corrected chi connectivity index (χ0v) is 14.4. The van der Waals surface area contributed by atoms with Gasteiger partial charge in [0.1, 0.15) is 5.65 Å². The van der Waals surface area contributed by atoms with E-state index in [0.717, 1.165) is 32.7 Å². The minimum Gasteiger partial charge on any atom is -0.360 e. The molecule has 9 heteroatoms. The van der Waals surface area contributed by atoms with Crippen molar-refractivity contribution in [2.45, 2.75) is 13.0 Å². The maximum atomic E-state index is 12.4. The van der Waals surface area contributed by atoms with Gasteiger partial charge < -0.3 is 10.2 Å². The molecule has 0 amide bonds. The molecule has 0 aromatic carbocycles. The number of likely N-dealkylation sites (N-methyl/N-ethyl adjacent to an activating group) is 1. The zero-order chi connectivity index (χ0) is 18.0. The average Bonchev–Trinajstić information content (AvgIpc) is 2.57. The highest BCUT2D eigenvalue weighted by atomic mass is 16.6. The van der Waals surface area contributed by atoms with E-state index in [9.17, 15) is 14.9 Å². The van der Waals surface area contributed by atoms with E-state index >= 15 is 0 Å². The molecular formula is C16H22N6O3. The van der Waals surface area contributed by atoms with Crippen molar-refractivity contribution in [1.29, 1.82) is 0 Å². The zero-order valence-electron chi connectivity index (χ0n) is 14.4. The number of pyridine rings is 1. The van der Waals surface area contributed by atoms with Crippen molar-refractivity contribution in [3.8, 4) is 0 Å². The van der Waals surface area contributed by atoms with Crippen LogP contribution in [0.15, 0.2) is 29.2 Å². The predicted molar refractivity (Wildman–Crippen MR) is 95.1 cm³/mol. The summed E-state index contributed by atoms with van der Waals surface area (Å²) in [5.74, 6) is 0.0304. The first-order chi connectivity index (χ1) is 12.0. The molecule has 134 valence electrons. The Hall–Kier alpha value is -2.52. The van der Waals surface area contributed by atoms with Gasteiger partial charge in [-0.1, -0.05) is 6.07 Å². The first-order valence-corrected chi connectivity index (χ1v) is 8.29. The van der Waals surface area contributed by atoms with Gasteiger partial charge in [0.15, 0.2) is 0 Å². The summed E-state index contributed by atoms with van der Waals surface area (Å²) >= 11 is 0. The van der Waals surface area contributed by atoms with Gasteiger partial charge >= 0.3 is 11.2 Å². The molecular weight excluding hydrogens is 324 g/mol. The van der Waals surface area contributed by atoms with Gasteiger partial charge in [-0.05, 0) is 26.1 Å². The summed E-state index contributed by atoms with van der Waals surface area (Å²) in [6.07, 6.45) is 1.48. The van der Waals surface area contributed by atoms with Crippen LogP contribution in [0.25, 0.3) is 5.65 Å². The van der Waals surface area contributed by atoms with Gasteiger partial charge in [-0.15, -0.1) is 0 Å². The molecule has 25 heavy (non-hydrogen) atoms. The number of nitrogens with zero attached hydrogens (tertiary/aromatic N) is 5. The second-order valence-corrected chi connectivity index (χ2v) is 6.45. The summed E-state index contributed by atoms with van der Waals surface area (Å²) in [7, 11) is 2.09. The maximum Gasteiger partial charge on any atom is 0.376 e. The number of hydrogen-bond acceptors (Lipinski definition) is 7. The van der Waals surface area contributed by atoms with Crippen LogP contribution < -0.4 is 10.9 Å². The van der Waals surface area contributed by atoms with Crippen molar-refractivity contribution in [2.75, 3.05) is 45.1 Å². The molecule has 1 saturated heterocycles.